The third-order valence-corrected chi connectivity index (χ3v) is 2.45. The van der Waals surface area contributed by atoms with Gasteiger partial charge in [0.25, 0.3) is 0 Å². The molecule has 0 heteroatoms. The molecule has 0 bridgehead atoms. The first-order valence-electron chi connectivity index (χ1n) is 7.28. The molecule has 0 fully saturated rings. The van der Waals surface area contributed by atoms with Crippen molar-refractivity contribution in [3.63, 3.8) is 0 Å². The highest BCUT2D eigenvalue weighted by Crippen LogP contribution is 2.25. The summed E-state index contributed by atoms with van der Waals surface area (Å²) >= 11 is 0. The first-order valence-corrected chi connectivity index (χ1v) is 7.28. The largest absolute Gasteiger partial charge is 0.0991 e. The standard InChI is InChI=1S/C15H18.2C2H6/c1-4-6-9-14-10-7-11-15(8-5-2)13(3)12-14;2*1-2/h4-6,8-9,12H,1-3,7,10-11H2;2*1-2H3/b9-6-,15-8-;;. The predicted molar refractivity (Wildman–Crippen MR) is 91.4 cm³/mol. The minimum absolute atomic E-state index is 1.09. The molecule has 0 aromatic rings. The fourth-order valence-electron chi connectivity index (χ4n) is 1.69. The van der Waals surface area contributed by atoms with E-state index in [0.29, 0.717) is 0 Å². The van der Waals surface area contributed by atoms with E-state index in [1.807, 2.05) is 39.8 Å². The number of allylic oxidation sites excluding steroid dienone is 9. The lowest BCUT2D eigenvalue weighted by atomic mass is 10.0. The second kappa shape index (κ2) is 14.5. The van der Waals surface area contributed by atoms with Crippen molar-refractivity contribution >= 4 is 0 Å². The molecule has 0 spiro atoms. The van der Waals surface area contributed by atoms with Crippen LogP contribution >= 0.6 is 0 Å². The van der Waals surface area contributed by atoms with Gasteiger partial charge in [0.05, 0.1) is 0 Å². The molecule has 0 aromatic carbocycles. The molecule has 0 unspecified atom stereocenters. The molecule has 106 valence electrons. The maximum atomic E-state index is 4.08. The van der Waals surface area contributed by atoms with Gasteiger partial charge in [-0.3, -0.25) is 0 Å². The van der Waals surface area contributed by atoms with Gasteiger partial charge in [-0.15, -0.1) is 0 Å². The fraction of sp³-hybridized carbons (Fsp3) is 0.368. The molecule has 0 saturated heterocycles. The topological polar surface area (TPSA) is 0 Å². The van der Waals surface area contributed by atoms with Crippen LogP contribution in [0.1, 0.15) is 47.0 Å². The van der Waals surface area contributed by atoms with Crippen LogP contribution in [0.5, 0.6) is 0 Å². The Bertz CT molecular complexity index is 348. The molecule has 0 heterocycles. The highest BCUT2D eigenvalue weighted by atomic mass is 14.1. The summed E-state index contributed by atoms with van der Waals surface area (Å²) in [5.74, 6) is 0. The molecule has 0 nitrogen and oxygen atoms in total. The van der Waals surface area contributed by atoms with Gasteiger partial charge in [-0.1, -0.05) is 83.9 Å². The van der Waals surface area contributed by atoms with Gasteiger partial charge < -0.3 is 0 Å². The Morgan fingerprint density at radius 2 is 1.63 bits per heavy atom. The maximum Gasteiger partial charge on any atom is -0.0270 e. The second-order valence-electron chi connectivity index (χ2n) is 3.62. The van der Waals surface area contributed by atoms with Crippen LogP contribution in [-0.4, -0.2) is 0 Å². The van der Waals surface area contributed by atoms with Crippen molar-refractivity contribution < 1.29 is 0 Å². The maximum absolute atomic E-state index is 4.08. The van der Waals surface area contributed by atoms with Gasteiger partial charge in [0.15, 0.2) is 0 Å². The van der Waals surface area contributed by atoms with Crippen LogP contribution in [0.25, 0.3) is 0 Å². The minimum Gasteiger partial charge on any atom is -0.0991 e. The molecule has 1 rings (SSSR count). The summed E-state index contributed by atoms with van der Waals surface area (Å²) in [4.78, 5) is 0. The van der Waals surface area contributed by atoms with E-state index in [9.17, 15) is 0 Å². The van der Waals surface area contributed by atoms with E-state index in [1.54, 1.807) is 6.08 Å². The lowest BCUT2D eigenvalue weighted by Gasteiger charge is -2.01. The monoisotopic (exact) mass is 258 g/mol. The lowest BCUT2D eigenvalue weighted by molar-refractivity contribution is 0.837. The summed E-state index contributed by atoms with van der Waals surface area (Å²) in [5, 5.41) is 0. The quantitative estimate of drug-likeness (QED) is 0.503. The number of rotatable bonds is 3. The molecule has 0 aromatic heterocycles. The molecule has 0 N–H and O–H groups in total. The van der Waals surface area contributed by atoms with Crippen LogP contribution in [0.3, 0.4) is 0 Å². The molecule has 1 aliphatic rings. The predicted octanol–water partition coefficient (Wildman–Crippen LogP) is 6.56. The average Bonchev–Trinajstić information content (AvgIpc) is 2.64. The molecule has 0 atom stereocenters. The van der Waals surface area contributed by atoms with Crippen molar-refractivity contribution in [1.82, 2.24) is 0 Å². The van der Waals surface area contributed by atoms with Gasteiger partial charge in [0.1, 0.15) is 0 Å². The second-order valence-corrected chi connectivity index (χ2v) is 3.62. The van der Waals surface area contributed by atoms with Crippen LogP contribution in [0, 0.1) is 0 Å². The summed E-state index contributed by atoms with van der Waals surface area (Å²) in [7, 11) is 0. The van der Waals surface area contributed by atoms with Gasteiger partial charge >= 0.3 is 0 Å². The van der Waals surface area contributed by atoms with E-state index < -0.39 is 0 Å². The Morgan fingerprint density at radius 1 is 1.00 bits per heavy atom. The van der Waals surface area contributed by atoms with Crippen LogP contribution in [-0.2, 0) is 0 Å². The Kier molecular flexibility index (Phi) is 15.1. The third-order valence-electron chi connectivity index (χ3n) is 2.45. The van der Waals surface area contributed by atoms with Crippen LogP contribution in [0.15, 0.2) is 72.9 Å². The first kappa shape index (κ1) is 19.8. The normalized spacial score (nSPS) is 16.5. The Balaban J connectivity index is 0. The van der Waals surface area contributed by atoms with E-state index in [-0.39, 0.29) is 0 Å². The van der Waals surface area contributed by atoms with E-state index in [0.717, 1.165) is 18.4 Å². The molecule has 1 aliphatic carbocycles. The van der Waals surface area contributed by atoms with Gasteiger partial charge in [-0.2, -0.15) is 0 Å². The van der Waals surface area contributed by atoms with Gasteiger partial charge in [0.2, 0.25) is 0 Å². The van der Waals surface area contributed by atoms with Crippen molar-refractivity contribution in [2.24, 2.45) is 0 Å². The Morgan fingerprint density at radius 3 is 2.16 bits per heavy atom. The third kappa shape index (κ3) is 9.07. The summed E-state index contributed by atoms with van der Waals surface area (Å²) in [6, 6.07) is 0. The molecule has 0 amide bonds. The van der Waals surface area contributed by atoms with Crippen LogP contribution in [0.4, 0.5) is 0 Å². The van der Waals surface area contributed by atoms with E-state index >= 15 is 0 Å². The summed E-state index contributed by atoms with van der Waals surface area (Å²) in [5.41, 5.74) is 3.73. The van der Waals surface area contributed by atoms with E-state index in [1.165, 1.54) is 17.6 Å². The van der Waals surface area contributed by atoms with Gasteiger partial charge in [0, 0.05) is 0 Å². The molecule has 0 radical (unpaired) electrons. The SMILES string of the molecule is C=C/C=C\C1=CC(=C)/C(=C\C=C)CCC1.CC.CC. The summed E-state index contributed by atoms with van der Waals surface area (Å²) in [6.45, 7) is 19.5. The summed E-state index contributed by atoms with van der Waals surface area (Å²) in [6.07, 6.45) is 15.3. The van der Waals surface area contributed by atoms with Crippen LogP contribution in [0.2, 0.25) is 0 Å². The Hall–Kier alpha value is -1.56. The zero-order chi connectivity index (χ0) is 15.1. The highest BCUT2D eigenvalue weighted by Gasteiger charge is 2.06. The average molecular weight is 258 g/mol. The summed E-state index contributed by atoms with van der Waals surface area (Å²) < 4.78 is 0. The van der Waals surface area contributed by atoms with Crippen molar-refractivity contribution in [3.8, 4) is 0 Å². The van der Waals surface area contributed by atoms with Crippen LogP contribution < -0.4 is 0 Å². The van der Waals surface area contributed by atoms with Crippen molar-refractivity contribution in [2.75, 3.05) is 0 Å². The fourth-order valence-corrected chi connectivity index (χ4v) is 1.69. The number of hydrogen-bond acceptors (Lipinski definition) is 0. The van der Waals surface area contributed by atoms with E-state index in [4.69, 9.17) is 0 Å². The van der Waals surface area contributed by atoms with Gasteiger partial charge in [-0.25, -0.2) is 0 Å². The first-order chi connectivity index (χ1) is 9.27. The molecule has 0 aliphatic heterocycles. The highest BCUT2D eigenvalue weighted by molar-refractivity contribution is 5.44. The molecular weight excluding hydrogens is 228 g/mol. The minimum atomic E-state index is 1.09. The van der Waals surface area contributed by atoms with E-state index in [2.05, 4.69) is 38.0 Å². The van der Waals surface area contributed by atoms with Crippen molar-refractivity contribution in [3.05, 3.63) is 72.9 Å². The smallest absolute Gasteiger partial charge is 0.0270 e. The van der Waals surface area contributed by atoms with Crippen molar-refractivity contribution in [2.45, 2.75) is 47.0 Å². The van der Waals surface area contributed by atoms with Crippen molar-refractivity contribution in [1.29, 1.82) is 0 Å². The Labute approximate surface area is 120 Å². The molecule has 0 saturated carbocycles. The zero-order valence-electron chi connectivity index (χ0n) is 13.2. The zero-order valence-corrected chi connectivity index (χ0v) is 13.2. The van der Waals surface area contributed by atoms with Gasteiger partial charge in [-0.05, 0) is 36.0 Å². The number of hydrogen-bond donors (Lipinski definition) is 0. The lowest BCUT2D eigenvalue weighted by Crippen LogP contribution is -1.82. The molecular formula is C19H30. The molecule has 19 heavy (non-hydrogen) atoms.